The molecule has 25 heavy (non-hydrogen) atoms. The van der Waals surface area contributed by atoms with Crippen LogP contribution in [0.25, 0.3) is 0 Å². The molecule has 2 saturated heterocycles. The molecule has 0 unspecified atom stereocenters. The number of carbonyl (C=O) groups is 1. The number of amides is 1. The van der Waals surface area contributed by atoms with Gasteiger partial charge in [0.25, 0.3) is 0 Å². The Labute approximate surface area is 145 Å². The van der Waals surface area contributed by atoms with Crippen LogP contribution in [0.1, 0.15) is 11.7 Å². The van der Waals surface area contributed by atoms with E-state index in [4.69, 9.17) is 4.52 Å². The van der Waals surface area contributed by atoms with Crippen molar-refractivity contribution in [1.82, 2.24) is 19.9 Å². The topological polar surface area (TPSA) is 79.5 Å². The van der Waals surface area contributed by atoms with Gasteiger partial charge in [-0.25, -0.2) is 0 Å². The average molecular weight is 380 g/mol. The summed E-state index contributed by atoms with van der Waals surface area (Å²) in [6, 6.07) is 0. The first-order chi connectivity index (χ1) is 11.7. The third-order valence-electron chi connectivity index (χ3n) is 4.56. The number of nitrogens with zero attached hydrogens (tertiary/aromatic N) is 4. The number of likely N-dealkylation sites (tertiary alicyclic amines) is 1. The summed E-state index contributed by atoms with van der Waals surface area (Å²) in [5, 5.41) is 3.70. The number of hydrogen-bond acceptors (Lipinski definition) is 6. The molecule has 3 heterocycles. The Hall–Kier alpha value is -1.49. The molecule has 3 rings (SSSR count). The fourth-order valence-electron chi connectivity index (χ4n) is 3.29. The van der Waals surface area contributed by atoms with Gasteiger partial charge in [0, 0.05) is 55.4 Å². The highest BCUT2D eigenvalue weighted by molar-refractivity contribution is 7.85. The predicted octanol–water partition coefficient (Wildman–Crippen LogP) is 0.579. The smallest absolute Gasteiger partial charge is 0.341 e. The first-order valence-corrected chi connectivity index (χ1v) is 9.45. The van der Waals surface area contributed by atoms with Gasteiger partial charge in [0.2, 0.25) is 11.8 Å². The zero-order valence-electron chi connectivity index (χ0n) is 13.7. The van der Waals surface area contributed by atoms with Gasteiger partial charge in [0.15, 0.2) is 5.82 Å². The van der Waals surface area contributed by atoms with Crippen LogP contribution in [0.4, 0.5) is 13.2 Å². The van der Waals surface area contributed by atoms with Crippen molar-refractivity contribution in [3.8, 4) is 0 Å². The Bertz CT molecular complexity index is 656. The van der Waals surface area contributed by atoms with Crippen LogP contribution in [-0.2, 0) is 22.1 Å². The highest BCUT2D eigenvalue weighted by Gasteiger charge is 2.53. The SMILES string of the molecule is Cc1nc(CN2C[C@H](C(=O)N3CCS(=O)CC3)[C@@H](C(F)(F)F)C2)no1. The van der Waals surface area contributed by atoms with Crippen molar-refractivity contribution in [3.05, 3.63) is 11.7 Å². The Kier molecular flexibility index (Phi) is 5.14. The Morgan fingerprint density at radius 3 is 2.56 bits per heavy atom. The standard InChI is InChI=1S/C14H19F3N4O3S/c1-9-18-12(19-24-9)8-20-6-10(11(7-20)14(15,16)17)13(22)21-2-4-25(23)5-3-21/h10-11H,2-8H2,1H3/t10-,11-/m0/s1. The van der Waals surface area contributed by atoms with E-state index < -0.39 is 34.7 Å². The van der Waals surface area contributed by atoms with Crippen LogP contribution >= 0.6 is 0 Å². The van der Waals surface area contributed by atoms with Gasteiger partial charge in [0.05, 0.1) is 18.4 Å². The molecule has 1 aromatic heterocycles. The Balaban J connectivity index is 1.71. The molecule has 7 nitrogen and oxygen atoms in total. The van der Waals surface area contributed by atoms with Crippen molar-refractivity contribution < 1.29 is 26.7 Å². The summed E-state index contributed by atoms with van der Waals surface area (Å²) in [5.41, 5.74) is 0. The summed E-state index contributed by atoms with van der Waals surface area (Å²) in [5.74, 6) is -2.09. The lowest BCUT2D eigenvalue weighted by atomic mass is 9.94. The third-order valence-corrected chi connectivity index (χ3v) is 5.83. The van der Waals surface area contributed by atoms with Crippen LogP contribution < -0.4 is 0 Å². The van der Waals surface area contributed by atoms with E-state index in [0.717, 1.165) is 0 Å². The molecule has 0 N–H and O–H groups in total. The van der Waals surface area contributed by atoms with Crippen molar-refractivity contribution in [1.29, 1.82) is 0 Å². The Morgan fingerprint density at radius 2 is 2.00 bits per heavy atom. The van der Waals surface area contributed by atoms with Gasteiger partial charge >= 0.3 is 6.18 Å². The van der Waals surface area contributed by atoms with E-state index in [9.17, 15) is 22.2 Å². The number of halogens is 3. The molecule has 140 valence electrons. The average Bonchev–Trinajstić information content (AvgIpc) is 3.14. The van der Waals surface area contributed by atoms with Gasteiger partial charge in [-0.2, -0.15) is 18.2 Å². The van der Waals surface area contributed by atoms with Crippen molar-refractivity contribution in [2.45, 2.75) is 19.6 Å². The number of aromatic nitrogens is 2. The maximum atomic E-state index is 13.4. The molecular weight excluding hydrogens is 361 g/mol. The van der Waals surface area contributed by atoms with E-state index in [1.54, 1.807) is 6.92 Å². The largest absolute Gasteiger partial charge is 0.393 e. The number of hydrogen-bond donors (Lipinski definition) is 0. The summed E-state index contributed by atoms with van der Waals surface area (Å²) in [4.78, 5) is 19.6. The Morgan fingerprint density at radius 1 is 1.32 bits per heavy atom. The maximum Gasteiger partial charge on any atom is 0.393 e. The van der Waals surface area contributed by atoms with Crippen LogP contribution in [-0.4, -0.2) is 73.9 Å². The minimum Gasteiger partial charge on any atom is -0.341 e. The summed E-state index contributed by atoms with van der Waals surface area (Å²) < 4.78 is 56.5. The van der Waals surface area contributed by atoms with Crippen molar-refractivity contribution in [3.63, 3.8) is 0 Å². The van der Waals surface area contributed by atoms with Crippen LogP contribution in [0.2, 0.25) is 0 Å². The van der Waals surface area contributed by atoms with Crippen LogP contribution in [0.5, 0.6) is 0 Å². The second kappa shape index (κ2) is 7.02. The normalized spacial score (nSPS) is 26.3. The van der Waals surface area contributed by atoms with E-state index >= 15 is 0 Å². The minimum absolute atomic E-state index is 0.00378. The fraction of sp³-hybridized carbons (Fsp3) is 0.786. The molecule has 2 aliphatic heterocycles. The van der Waals surface area contributed by atoms with Crippen molar-refractivity contribution in [2.75, 3.05) is 37.7 Å². The molecule has 0 aliphatic carbocycles. The van der Waals surface area contributed by atoms with Crippen LogP contribution in [0.15, 0.2) is 4.52 Å². The fourth-order valence-corrected chi connectivity index (χ4v) is 4.35. The molecule has 0 bridgehead atoms. The quantitative estimate of drug-likeness (QED) is 0.763. The number of aryl methyl sites for hydroxylation is 1. The first kappa shape index (κ1) is 18.3. The van der Waals surface area contributed by atoms with Gasteiger partial charge in [-0.3, -0.25) is 13.9 Å². The molecule has 1 aromatic rings. The monoisotopic (exact) mass is 380 g/mol. The summed E-state index contributed by atoms with van der Waals surface area (Å²) in [6.45, 7) is 1.93. The van der Waals surface area contributed by atoms with Crippen LogP contribution in [0, 0.1) is 18.8 Å². The molecule has 2 atom stereocenters. The van der Waals surface area contributed by atoms with Gasteiger partial charge in [-0.05, 0) is 0 Å². The first-order valence-electron chi connectivity index (χ1n) is 7.96. The van der Waals surface area contributed by atoms with Crippen LogP contribution in [0.3, 0.4) is 0 Å². The molecular formula is C14H19F3N4O3S. The number of rotatable bonds is 3. The lowest BCUT2D eigenvalue weighted by molar-refractivity contribution is -0.186. The second-order valence-corrected chi connectivity index (χ2v) is 8.05. The van der Waals surface area contributed by atoms with E-state index in [2.05, 4.69) is 10.1 Å². The van der Waals surface area contributed by atoms with Gasteiger partial charge < -0.3 is 9.42 Å². The second-order valence-electron chi connectivity index (χ2n) is 6.35. The lowest BCUT2D eigenvalue weighted by Crippen LogP contribution is -2.47. The molecule has 0 radical (unpaired) electrons. The lowest BCUT2D eigenvalue weighted by Gasteiger charge is -2.31. The van der Waals surface area contributed by atoms with Gasteiger partial charge in [0.1, 0.15) is 0 Å². The van der Waals surface area contributed by atoms with E-state index in [1.807, 2.05) is 0 Å². The molecule has 2 aliphatic rings. The number of alkyl halides is 3. The van der Waals surface area contributed by atoms with Gasteiger partial charge in [-0.1, -0.05) is 5.16 Å². The molecule has 1 amide bonds. The summed E-state index contributed by atoms with van der Waals surface area (Å²) in [6.07, 6.45) is -4.46. The molecule has 0 aromatic carbocycles. The number of carbonyl (C=O) groups excluding carboxylic acids is 1. The molecule has 0 saturated carbocycles. The maximum absolute atomic E-state index is 13.4. The minimum atomic E-state index is -4.46. The zero-order valence-corrected chi connectivity index (χ0v) is 14.5. The molecule has 2 fully saturated rings. The zero-order chi connectivity index (χ0) is 18.2. The summed E-state index contributed by atoms with van der Waals surface area (Å²) >= 11 is 0. The van der Waals surface area contributed by atoms with Gasteiger partial charge in [-0.15, -0.1) is 0 Å². The highest BCUT2D eigenvalue weighted by atomic mass is 32.2. The third kappa shape index (κ3) is 4.20. The highest BCUT2D eigenvalue weighted by Crippen LogP contribution is 2.39. The van der Waals surface area contributed by atoms with E-state index in [1.165, 1.54) is 9.80 Å². The predicted molar refractivity (Wildman–Crippen MR) is 81.8 cm³/mol. The van der Waals surface area contributed by atoms with Crippen molar-refractivity contribution >= 4 is 16.7 Å². The summed E-state index contributed by atoms with van der Waals surface area (Å²) in [7, 11) is -0.989. The molecule has 11 heteroatoms. The van der Waals surface area contributed by atoms with Crippen molar-refractivity contribution in [2.24, 2.45) is 11.8 Å². The molecule has 0 spiro atoms. The van der Waals surface area contributed by atoms with E-state index in [-0.39, 0.29) is 32.7 Å². The van der Waals surface area contributed by atoms with E-state index in [0.29, 0.717) is 23.2 Å².